The Morgan fingerprint density at radius 1 is 1.26 bits per heavy atom. The highest BCUT2D eigenvalue weighted by Gasteiger charge is 2.35. The van der Waals surface area contributed by atoms with Crippen molar-refractivity contribution in [1.29, 1.82) is 0 Å². The van der Waals surface area contributed by atoms with Crippen molar-refractivity contribution in [3.8, 4) is 0 Å². The summed E-state index contributed by atoms with van der Waals surface area (Å²) < 4.78 is 60.1. The molecule has 3 heterocycles. The Morgan fingerprint density at radius 2 is 2.07 bits per heavy atom. The quantitative estimate of drug-likeness (QED) is 0.696. The third-order valence-electron chi connectivity index (χ3n) is 4.47. The van der Waals surface area contributed by atoms with Crippen LogP contribution >= 0.6 is 0 Å². The first-order valence-corrected chi connectivity index (χ1v) is 8.07. The summed E-state index contributed by atoms with van der Waals surface area (Å²) in [5, 5.41) is 6.84. The predicted molar refractivity (Wildman–Crippen MR) is 86.5 cm³/mol. The van der Waals surface area contributed by atoms with E-state index >= 15 is 0 Å². The summed E-state index contributed by atoms with van der Waals surface area (Å²) in [4.78, 5) is 12.1. The molecule has 1 N–H and O–H groups in total. The summed E-state index contributed by atoms with van der Waals surface area (Å²) in [7, 11) is 0. The number of furan rings is 1. The number of carbonyl (C=O) groups excluding carboxylic acids is 1. The van der Waals surface area contributed by atoms with Crippen molar-refractivity contribution < 1.29 is 26.8 Å². The lowest BCUT2D eigenvalue weighted by Crippen LogP contribution is -2.25. The number of fused-ring (bicyclic) bond motifs is 1. The highest BCUT2D eigenvalue weighted by molar-refractivity contribution is 5.94. The van der Waals surface area contributed by atoms with Crippen LogP contribution in [-0.2, 0) is 17.5 Å². The minimum absolute atomic E-state index is 0.169. The second-order valence-corrected chi connectivity index (χ2v) is 6.22. The van der Waals surface area contributed by atoms with Crippen molar-refractivity contribution in [3.05, 3.63) is 71.1 Å². The number of anilines is 1. The van der Waals surface area contributed by atoms with Gasteiger partial charge >= 0.3 is 6.18 Å². The van der Waals surface area contributed by atoms with Gasteiger partial charge in [0.15, 0.2) is 0 Å². The number of amides is 1. The predicted octanol–water partition coefficient (Wildman–Crippen LogP) is 4.16. The molecule has 3 aromatic rings. The molecular weight excluding hydrogens is 366 g/mol. The summed E-state index contributed by atoms with van der Waals surface area (Å²) in [6.45, 7) is 0.223. The molecular formula is C18H13F4N3O2. The van der Waals surface area contributed by atoms with Crippen LogP contribution < -0.4 is 5.32 Å². The Kier molecular flexibility index (Phi) is 4.01. The van der Waals surface area contributed by atoms with E-state index in [2.05, 4.69) is 10.4 Å². The van der Waals surface area contributed by atoms with Gasteiger partial charge in [-0.3, -0.25) is 4.79 Å². The van der Waals surface area contributed by atoms with Gasteiger partial charge in [-0.1, -0.05) is 0 Å². The van der Waals surface area contributed by atoms with Gasteiger partial charge in [0.25, 0.3) is 0 Å². The van der Waals surface area contributed by atoms with Crippen LogP contribution in [0.3, 0.4) is 0 Å². The second-order valence-electron chi connectivity index (χ2n) is 6.22. The standard InChI is InChI=1S/C18H13F4N3O2/c19-15-4-3-10(18(20,21)22)6-13(15)12-7-16(26)24-17-14(12)8-23-25(17)9-11-2-1-5-27-11/h1-6,8,12H,7,9H2,(H,24,26)/t12-/m0/s1. The maximum atomic E-state index is 14.3. The zero-order valence-electron chi connectivity index (χ0n) is 13.8. The number of halogens is 4. The summed E-state index contributed by atoms with van der Waals surface area (Å²) >= 11 is 0. The van der Waals surface area contributed by atoms with E-state index in [1.54, 1.807) is 12.1 Å². The fourth-order valence-corrected chi connectivity index (χ4v) is 3.20. The summed E-state index contributed by atoms with van der Waals surface area (Å²) in [6, 6.07) is 5.64. The molecule has 0 unspecified atom stereocenters. The number of rotatable bonds is 3. The van der Waals surface area contributed by atoms with Gasteiger partial charge in [-0.25, -0.2) is 9.07 Å². The fourth-order valence-electron chi connectivity index (χ4n) is 3.20. The van der Waals surface area contributed by atoms with Crippen LogP contribution in [-0.4, -0.2) is 15.7 Å². The molecule has 0 radical (unpaired) electrons. The molecule has 0 fully saturated rings. The summed E-state index contributed by atoms with van der Waals surface area (Å²) in [5.74, 6) is -1.17. The average molecular weight is 379 g/mol. The maximum absolute atomic E-state index is 14.3. The largest absolute Gasteiger partial charge is 0.467 e. The molecule has 0 aliphatic carbocycles. The van der Waals surface area contributed by atoms with Crippen molar-refractivity contribution >= 4 is 11.7 Å². The molecule has 5 nitrogen and oxygen atoms in total. The third kappa shape index (κ3) is 3.20. The van der Waals surface area contributed by atoms with Crippen LogP contribution in [0, 0.1) is 5.82 Å². The van der Waals surface area contributed by atoms with Crippen molar-refractivity contribution in [3.63, 3.8) is 0 Å². The maximum Gasteiger partial charge on any atom is 0.416 e. The molecule has 1 aliphatic rings. The van der Waals surface area contributed by atoms with Gasteiger partial charge in [0.1, 0.15) is 23.9 Å². The van der Waals surface area contributed by atoms with Crippen LogP contribution in [0.15, 0.2) is 47.2 Å². The summed E-state index contributed by atoms with van der Waals surface area (Å²) in [5.41, 5.74) is -0.688. The van der Waals surface area contributed by atoms with E-state index in [-0.39, 0.29) is 18.5 Å². The molecule has 0 saturated heterocycles. The number of hydrogen-bond donors (Lipinski definition) is 1. The Bertz CT molecular complexity index is 993. The molecule has 9 heteroatoms. The van der Waals surface area contributed by atoms with E-state index in [9.17, 15) is 22.4 Å². The van der Waals surface area contributed by atoms with Gasteiger partial charge in [-0.15, -0.1) is 0 Å². The minimum Gasteiger partial charge on any atom is -0.467 e. The van der Waals surface area contributed by atoms with Gasteiger partial charge in [-0.2, -0.15) is 18.3 Å². The lowest BCUT2D eigenvalue weighted by Gasteiger charge is -2.24. The lowest BCUT2D eigenvalue weighted by molar-refractivity contribution is -0.137. The molecule has 0 spiro atoms. The Morgan fingerprint density at radius 3 is 2.78 bits per heavy atom. The third-order valence-corrected chi connectivity index (χ3v) is 4.47. The van der Waals surface area contributed by atoms with Crippen molar-refractivity contribution in [2.75, 3.05) is 5.32 Å². The van der Waals surface area contributed by atoms with E-state index in [0.29, 0.717) is 23.2 Å². The van der Waals surface area contributed by atoms with Crippen LogP contribution in [0.2, 0.25) is 0 Å². The highest BCUT2D eigenvalue weighted by Crippen LogP contribution is 2.40. The fraction of sp³-hybridized carbons (Fsp3) is 0.222. The van der Waals surface area contributed by atoms with Crippen molar-refractivity contribution in [1.82, 2.24) is 9.78 Å². The molecule has 1 amide bonds. The number of carbonyl (C=O) groups is 1. The smallest absolute Gasteiger partial charge is 0.416 e. The van der Waals surface area contributed by atoms with E-state index < -0.39 is 29.4 Å². The Balaban J connectivity index is 1.76. The Labute approximate surface area is 150 Å². The number of hydrogen-bond acceptors (Lipinski definition) is 3. The zero-order valence-corrected chi connectivity index (χ0v) is 13.8. The number of aromatic nitrogens is 2. The molecule has 27 heavy (non-hydrogen) atoms. The van der Waals surface area contributed by atoms with E-state index in [0.717, 1.165) is 12.1 Å². The molecule has 0 saturated carbocycles. The van der Waals surface area contributed by atoms with Crippen LogP contribution in [0.25, 0.3) is 0 Å². The number of alkyl halides is 3. The number of benzene rings is 1. The second kappa shape index (κ2) is 6.26. The van der Waals surface area contributed by atoms with Gasteiger partial charge < -0.3 is 9.73 Å². The van der Waals surface area contributed by atoms with Gasteiger partial charge in [0, 0.05) is 17.9 Å². The van der Waals surface area contributed by atoms with Crippen molar-refractivity contribution in [2.24, 2.45) is 0 Å². The van der Waals surface area contributed by atoms with Gasteiger partial charge in [0.05, 0.1) is 18.0 Å². The molecule has 0 bridgehead atoms. The average Bonchev–Trinajstić information content (AvgIpc) is 3.24. The monoisotopic (exact) mass is 379 g/mol. The van der Waals surface area contributed by atoms with Crippen molar-refractivity contribution in [2.45, 2.75) is 25.1 Å². The number of nitrogens with zero attached hydrogens (tertiary/aromatic N) is 2. The molecule has 140 valence electrons. The summed E-state index contributed by atoms with van der Waals surface area (Å²) in [6.07, 6.45) is -1.85. The first-order chi connectivity index (χ1) is 12.8. The topological polar surface area (TPSA) is 60.1 Å². The van der Waals surface area contributed by atoms with Crippen LogP contribution in [0.4, 0.5) is 23.4 Å². The van der Waals surface area contributed by atoms with Gasteiger partial charge in [0.2, 0.25) is 5.91 Å². The molecule has 2 aromatic heterocycles. The molecule has 1 aromatic carbocycles. The first kappa shape index (κ1) is 17.3. The highest BCUT2D eigenvalue weighted by atomic mass is 19.4. The Hall–Kier alpha value is -3.10. The van der Waals surface area contributed by atoms with Crippen LogP contribution in [0.1, 0.15) is 34.8 Å². The molecule has 1 aliphatic heterocycles. The SMILES string of the molecule is O=C1C[C@@H](c2cc(C(F)(F)F)ccc2F)c2cnn(Cc3ccco3)c2N1. The lowest BCUT2D eigenvalue weighted by atomic mass is 9.86. The van der Waals surface area contributed by atoms with E-state index in [1.165, 1.54) is 17.1 Å². The normalized spacial score (nSPS) is 16.9. The van der Waals surface area contributed by atoms with E-state index in [1.807, 2.05) is 0 Å². The van der Waals surface area contributed by atoms with Crippen LogP contribution in [0.5, 0.6) is 0 Å². The minimum atomic E-state index is -4.61. The van der Waals surface area contributed by atoms with E-state index in [4.69, 9.17) is 4.42 Å². The first-order valence-electron chi connectivity index (χ1n) is 8.07. The zero-order chi connectivity index (χ0) is 19.2. The molecule has 4 rings (SSSR count). The molecule has 1 atom stereocenters. The van der Waals surface area contributed by atoms with Gasteiger partial charge in [-0.05, 0) is 35.9 Å². The number of nitrogens with one attached hydrogen (secondary N) is 1.